The summed E-state index contributed by atoms with van der Waals surface area (Å²) in [6.07, 6.45) is 4.18. The summed E-state index contributed by atoms with van der Waals surface area (Å²) in [7, 11) is 1.78. The van der Waals surface area contributed by atoms with Gasteiger partial charge in [-0.15, -0.1) is 5.10 Å². The molecule has 0 amide bonds. The van der Waals surface area contributed by atoms with E-state index < -0.39 is 5.54 Å². The number of nitrogens with two attached hydrogens (primary N) is 1. The van der Waals surface area contributed by atoms with E-state index in [0.29, 0.717) is 11.6 Å². The molecule has 1 aromatic rings. The van der Waals surface area contributed by atoms with Gasteiger partial charge in [0.05, 0.1) is 17.7 Å². The molecule has 1 heterocycles. The molecule has 1 unspecified atom stereocenters. The Labute approximate surface area is 88.6 Å². The van der Waals surface area contributed by atoms with Crippen molar-refractivity contribution in [2.24, 2.45) is 18.7 Å². The van der Waals surface area contributed by atoms with Crippen LogP contribution in [0.5, 0.6) is 0 Å². The molecule has 5 nitrogen and oxygen atoms in total. The van der Waals surface area contributed by atoms with Crippen LogP contribution in [-0.2, 0) is 18.3 Å². The molecule has 2 rings (SSSR count). The van der Waals surface area contributed by atoms with Crippen LogP contribution < -0.4 is 5.73 Å². The van der Waals surface area contributed by atoms with E-state index in [1.165, 1.54) is 0 Å². The van der Waals surface area contributed by atoms with E-state index in [-0.39, 0.29) is 12.2 Å². The highest BCUT2D eigenvalue weighted by Crippen LogP contribution is 2.38. The molecule has 1 fully saturated rings. The number of hydrogen-bond acceptors (Lipinski definition) is 4. The molecular weight excluding hydrogens is 192 g/mol. The van der Waals surface area contributed by atoms with E-state index in [2.05, 4.69) is 10.3 Å². The summed E-state index contributed by atoms with van der Waals surface area (Å²) in [4.78, 5) is 11.9. The Kier molecular flexibility index (Phi) is 2.34. The number of aromatic nitrogens is 3. The van der Waals surface area contributed by atoms with Crippen LogP contribution in [0.1, 0.15) is 25.5 Å². The van der Waals surface area contributed by atoms with Crippen molar-refractivity contribution in [3.63, 3.8) is 0 Å². The van der Waals surface area contributed by atoms with Gasteiger partial charge < -0.3 is 5.73 Å². The average Bonchev–Trinajstić information content (AvgIpc) is 2.92. The zero-order valence-corrected chi connectivity index (χ0v) is 9.10. The molecular formula is C10H16N4O. The lowest BCUT2D eigenvalue weighted by molar-refractivity contribution is -0.123. The summed E-state index contributed by atoms with van der Waals surface area (Å²) >= 11 is 0. The van der Waals surface area contributed by atoms with Crippen molar-refractivity contribution in [3.05, 3.63) is 11.9 Å². The number of rotatable bonds is 4. The van der Waals surface area contributed by atoms with Gasteiger partial charge in [0, 0.05) is 13.2 Å². The van der Waals surface area contributed by atoms with Gasteiger partial charge in [-0.25, -0.2) is 0 Å². The maximum Gasteiger partial charge on any atom is 0.158 e. The van der Waals surface area contributed by atoms with E-state index in [1.54, 1.807) is 17.9 Å². The molecule has 0 bridgehead atoms. The van der Waals surface area contributed by atoms with Gasteiger partial charge in [-0.3, -0.25) is 9.48 Å². The fourth-order valence-electron chi connectivity index (χ4n) is 1.74. The minimum absolute atomic E-state index is 0.0606. The number of Topliss-reactive ketones (excluding diaryl/α,β-unsaturated/α-hetero) is 1. The Morgan fingerprint density at radius 3 is 2.87 bits per heavy atom. The maximum absolute atomic E-state index is 11.9. The molecule has 2 N–H and O–H groups in total. The molecule has 1 saturated carbocycles. The Hall–Kier alpha value is -1.23. The molecule has 1 atom stereocenters. The third kappa shape index (κ3) is 2.07. The zero-order valence-electron chi connectivity index (χ0n) is 9.10. The number of nitrogens with zero attached hydrogens (tertiary/aromatic N) is 3. The topological polar surface area (TPSA) is 73.8 Å². The average molecular weight is 208 g/mol. The first-order chi connectivity index (χ1) is 7.00. The molecule has 1 aliphatic rings. The molecule has 15 heavy (non-hydrogen) atoms. The van der Waals surface area contributed by atoms with E-state index >= 15 is 0 Å². The number of hydrogen-bond donors (Lipinski definition) is 1. The van der Waals surface area contributed by atoms with Crippen molar-refractivity contribution in [1.82, 2.24) is 15.0 Å². The molecule has 5 heteroatoms. The van der Waals surface area contributed by atoms with Gasteiger partial charge in [0.25, 0.3) is 0 Å². The van der Waals surface area contributed by atoms with Crippen molar-refractivity contribution >= 4 is 5.78 Å². The number of carbonyl (C=O) groups excluding carboxylic acids is 1. The zero-order chi connectivity index (χ0) is 11.1. The molecule has 0 aliphatic heterocycles. The van der Waals surface area contributed by atoms with Gasteiger partial charge in [0.1, 0.15) is 0 Å². The lowest BCUT2D eigenvalue weighted by Crippen LogP contribution is -2.48. The van der Waals surface area contributed by atoms with Crippen molar-refractivity contribution in [3.8, 4) is 0 Å². The van der Waals surface area contributed by atoms with Gasteiger partial charge in [0.15, 0.2) is 5.78 Å². The lowest BCUT2D eigenvalue weighted by atomic mass is 9.89. The van der Waals surface area contributed by atoms with E-state index in [9.17, 15) is 4.79 Å². The predicted octanol–water partition coefficient (Wildman–Crippen LogP) is 0.0541. The fraction of sp³-hybridized carbons (Fsp3) is 0.700. The quantitative estimate of drug-likeness (QED) is 0.759. The van der Waals surface area contributed by atoms with Crippen molar-refractivity contribution in [2.75, 3.05) is 0 Å². The monoisotopic (exact) mass is 208 g/mol. The molecule has 0 radical (unpaired) electrons. The minimum atomic E-state index is -0.683. The number of aryl methyl sites for hydroxylation is 1. The summed E-state index contributed by atoms with van der Waals surface area (Å²) < 4.78 is 1.59. The highest BCUT2D eigenvalue weighted by atomic mass is 16.1. The number of carbonyl (C=O) groups is 1. The summed E-state index contributed by atoms with van der Waals surface area (Å²) in [5.74, 6) is 0.423. The highest BCUT2D eigenvalue weighted by Gasteiger charge is 2.43. The van der Waals surface area contributed by atoms with Crippen LogP contribution in [0, 0.1) is 5.92 Å². The molecule has 0 saturated heterocycles. The Bertz CT molecular complexity index is 379. The van der Waals surface area contributed by atoms with Crippen molar-refractivity contribution in [1.29, 1.82) is 0 Å². The molecule has 0 spiro atoms. The third-order valence-corrected chi connectivity index (χ3v) is 3.02. The maximum atomic E-state index is 11.9. The summed E-state index contributed by atoms with van der Waals surface area (Å²) in [5.41, 5.74) is 6.03. The fourth-order valence-corrected chi connectivity index (χ4v) is 1.74. The summed E-state index contributed by atoms with van der Waals surface area (Å²) in [5, 5.41) is 7.67. The summed E-state index contributed by atoms with van der Waals surface area (Å²) in [6, 6.07) is 0. The van der Waals surface area contributed by atoms with Crippen LogP contribution in [0.2, 0.25) is 0 Å². The van der Waals surface area contributed by atoms with E-state index in [1.807, 2.05) is 6.92 Å². The van der Waals surface area contributed by atoms with Crippen LogP contribution >= 0.6 is 0 Å². The Morgan fingerprint density at radius 2 is 2.40 bits per heavy atom. The van der Waals surface area contributed by atoms with Crippen molar-refractivity contribution < 1.29 is 4.79 Å². The van der Waals surface area contributed by atoms with Gasteiger partial charge in [-0.2, -0.15) is 0 Å². The first-order valence-electron chi connectivity index (χ1n) is 5.17. The van der Waals surface area contributed by atoms with Gasteiger partial charge >= 0.3 is 0 Å². The van der Waals surface area contributed by atoms with Crippen LogP contribution in [-0.4, -0.2) is 26.3 Å². The highest BCUT2D eigenvalue weighted by molar-refractivity contribution is 5.89. The van der Waals surface area contributed by atoms with Gasteiger partial charge in [-0.1, -0.05) is 5.21 Å². The van der Waals surface area contributed by atoms with Crippen LogP contribution in [0.15, 0.2) is 6.20 Å². The van der Waals surface area contributed by atoms with Gasteiger partial charge in [0.2, 0.25) is 0 Å². The summed E-state index contributed by atoms with van der Waals surface area (Å²) in [6.45, 7) is 1.82. The molecule has 82 valence electrons. The van der Waals surface area contributed by atoms with Crippen LogP contribution in [0.25, 0.3) is 0 Å². The minimum Gasteiger partial charge on any atom is -0.319 e. The smallest absolute Gasteiger partial charge is 0.158 e. The van der Waals surface area contributed by atoms with E-state index in [0.717, 1.165) is 12.8 Å². The van der Waals surface area contributed by atoms with Gasteiger partial charge in [-0.05, 0) is 25.7 Å². The second-order valence-electron chi connectivity index (χ2n) is 4.54. The van der Waals surface area contributed by atoms with Crippen molar-refractivity contribution in [2.45, 2.75) is 31.7 Å². The predicted molar refractivity (Wildman–Crippen MR) is 55.0 cm³/mol. The van der Waals surface area contributed by atoms with Crippen LogP contribution in [0.4, 0.5) is 0 Å². The normalized spacial score (nSPS) is 19.9. The second-order valence-corrected chi connectivity index (χ2v) is 4.54. The first-order valence-corrected chi connectivity index (χ1v) is 5.17. The first kappa shape index (κ1) is 10.3. The Balaban J connectivity index is 2.03. The SMILES string of the molecule is Cn1cc(CC(=O)C(C)(N)C2CC2)nn1. The lowest BCUT2D eigenvalue weighted by Gasteiger charge is -2.21. The van der Waals surface area contributed by atoms with Crippen LogP contribution in [0.3, 0.4) is 0 Å². The van der Waals surface area contributed by atoms with E-state index in [4.69, 9.17) is 5.73 Å². The largest absolute Gasteiger partial charge is 0.319 e. The standard InChI is InChI=1S/C10H16N4O/c1-10(11,7-3-4-7)9(15)5-8-6-14(2)13-12-8/h6-7H,3-5,11H2,1-2H3. The Morgan fingerprint density at radius 1 is 1.73 bits per heavy atom. The number of ketones is 1. The molecule has 1 aromatic heterocycles. The molecule has 1 aliphatic carbocycles. The molecule has 0 aromatic carbocycles. The third-order valence-electron chi connectivity index (χ3n) is 3.02. The second kappa shape index (κ2) is 3.41.